The minimum Gasteiger partial charge on any atom is -0.366 e. The monoisotopic (exact) mass is 345 g/mol. The van der Waals surface area contributed by atoms with Gasteiger partial charge in [0.25, 0.3) is 5.91 Å². The van der Waals surface area contributed by atoms with Crippen LogP contribution in [0.3, 0.4) is 0 Å². The molecule has 130 valence electrons. The maximum atomic E-state index is 11.8. The van der Waals surface area contributed by atoms with Crippen molar-refractivity contribution in [3.05, 3.63) is 66.1 Å². The molecule has 0 aliphatic rings. The quantitative estimate of drug-likeness (QED) is 0.673. The van der Waals surface area contributed by atoms with E-state index in [9.17, 15) is 4.79 Å². The van der Waals surface area contributed by atoms with Gasteiger partial charge in [-0.25, -0.2) is 4.98 Å². The van der Waals surface area contributed by atoms with E-state index in [1.165, 1.54) is 6.20 Å². The molecule has 0 fully saturated rings. The molecule has 2 N–H and O–H groups in total. The molecule has 2 aromatic heterocycles. The van der Waals surface area contributed by atoms with Crippen molar-refractivity contribution in [3.8, 4) is 23.5 Å². The average molecular weight is 345 g/mol. The number of terminal acetylenes is 1. The Morgan fingerprint density at radius 2 is 2.12 bits per heavy atom. The molecule has 0 saturated carbocycles. The molecule has 3 aromatic rings. The highest BCUT2D eigenvalue weighted by Gasteiger charge is 2.05. The third-order valence-corrected chi connectivity index (χ3v) is 3.82. The molecule has 0 spiro atoms. The maximum absolute atomic E-state index is 11.8. The minimum atomic E-state index is -0.230. The number of benzene rings is 1. The zero-order valence-electron chi connectivity index (χ0n) is 14.4. The lowest BCUT2D eigenvalue weighted by Crippen LogP contribution is -2.23. The van der Waals surface area contributed by atoms with Crippen LogP contribution in [0.5, 0.6) is 0 Å². The summed E-state index contributed by atoms with van der Waals surface area (Å²) in [6, 6.07) is 11.7. The van der Waals surface area contributed by atoms with Crippen LogP contribution in [0.4, 0.5) is 5.82 Å². The molecule has 1 amide bonds. The number of carbonyl (C=O) groups excluding carboxylic acids is 1. The van der Waals surface area contributed by atoms with E-state index in [0.29, 0.717) is 17.9 Å². The summed E-state index contributed by atoms with van der Waals surface area (Å²) in [4.78, 5) is 16.1. The molecule has 6 nitrogen and oxygen atoms in total. The summed E-state index contributed by atoms with van der Waals surface area (Å²) in [5.74, 6) is 2.83. The van der Waals surface area contributed by atoms with Gasteiger partial charge in [0.1, 0.15) is 5.82 Å². The van der Waals surface area contributed by atoms with Crippen LogP contribution in [0, 0.1) is 12.3 Å². The number of amides is 1. The molecule has 0 bridgehead atoms. The van der Waals surface area contributed by atoms with Crippen molar-refractivity contribution < 1.29 is 4.79 Å². The largest absolute Gasteiger partial charge is 0.366 e. The Hall–Kier alpha value is -3.59. The number of pyridine rings is 1. The summed E-state index contributed by atoms with van der Waals surface area (Å²) in [6.45, 7) is 0.829. The molecule has 0 atom stereocenters. The van der Waals surface area contributed by atoms with Crippen LogP contribution in [0.2, 0.25) is 0 Å². The fraction of sp³-hybridized carbons (Fsp3) is 0.150. The maximum Gasteiger partial charge on any atom is 0.253 e. The van der Waals surface area contributed by atoms with Crippen molar-refractivity contribution in [3.63, 3.8) is 0 Å². The van der Waals surface area contributed by atoms with Crippen molar-refractivity contribution in [2.45, 2.75) is 6.54 Å². The normalized spacial score (nSPS) is 10.2. The first kappa shape index (κ1) is 17.2. The van der Waals surface area contributed by atoms with Gasteiger partial charge in [0, 0.05) is 31.5 Å². The van der Waals surface area contributed by atoms with Gasteiger partial charge in [0.05, 0.1) is 18.3 Å². The standard InChI is InChI=1S/C20H19N5O/c1-3-9-21-20(26)17-7-8-19(23-12-17)22-11-15-5-4-6-16(10-15)18-13-24-25(2)14-18/h1,4-8,10,12-14H,9,11H2,2H3,(H,21,26)(H,22,23). The van der Waals surface area contributed by atoms with Crippen molar-refractivity contribution in [1.82, 2.24) is 20.1 Å². The first-order valence-corrected chi connectivity index (χ1v) is 8.15. The van der Waals surface area contributed by atoms with Crippen LogP contribution in [0.1, 0.15) is 15.9 Å². The molecular formula is C20H19N5O. The third-order valence-electron chi connectivity index (χ3n) is 3.82. The van der Waals surface area contributed by atoms with Crippen LogP contribution < -0.4 is 10.6 Å². The smallest absolute Gasteiger partial charge is 0.253 e. The number of hydrogen-bond acceptors (Lipinski definition) is 4. The number of aromatic nitrogens is 3. The molecule has 0 aliphatic heterocycles. The molecule has 26 heavy (non-hydrogen) atoms. The fourth-order valence-corrected chi connectivity index (χ4v) is 2.49. The Morgan fingerprint density at radius 1 is 1.23 bits per heavy atom. The SMILES string of the molecule is C#CCNC(=O)c1ccc(NCc2cccc(-c3cnn(C)c3)c2)nc1. The summed E-state index contributed by atoms with van der Waals surface area (Å²) in [5, 5.41) is 10.1. The second-order valence-corrected chi connectivity index (χ2v) is 5.78. The van der Waals surface area contributed by atoms with E-state index < -0.39 is 0 Å². The van der Waals surface area contributed by atoms with E-state index >= 15 is 0 Å². The molecule has 0 saturated heterocycles. The van der Waals surface area contributed by atoms with Gasteiger partial charge in [-0.1, -0.05) is 24.1 Å². The summed E-state index contributed by atoms with van der Waals surface area (Å²) >= 11 is 0. The van der Waals surface area contributed by atoms with Crippen LogP contribution in [-0.2, 0) is 13.6 Å². The number of anilines is 1. The fourth-order valence-electron chi connectivity index (χ4n) is 2.49. The Morgan fingerprint density at radius 3 is 2.81 bits per heavy atom. The van der Waals surface area contributed by atoms with Gasteiger partial charge in [-0.15, -0.1) is 6.42 Å². The van der Waals surface area contributed by atoms with Crippen LogP contribution in [-0.4, -0.2) is 27.2 Å². The zero-order chi connectivity index (χ0) is 18.4. The van der Waals surface area contributed by atoms with Gasteiger partial charge in [-0.05, 0) is 29.3 Å². The van der Waals surface area contributed by atoms with Crippen LogP contribution >= 0.6 is 0 Å². The number of carbonyl (C=O) groups is 1. The number of nitrogens with zero attached hydrogens (tertiary/aromatic N) is 3. The molecule has 3 rings (SSSR count). The van der Waals surface area contributed by atoms with Crippen LogP contribution in [0.25, 0.3) is 11.1 Å². The Kier molecular flexibility index (Phi) is 5.30. The van der Waals surface area contributed by atoms with Crippen molar-refractivity contribution >= 4 is 11.7 Å². The molecule has 6 heteroatoms. The second kappa shape index (κ2) is 7.99. The lowest BCUT2D eigenvalue weighted by Gasteiger charge is -2.08. The summed E-state index contributed by atoms with van der Waals surface area (Å²) in [6.07, 6.45) is 10.5. The first-order valence-electron chi connectivity index (χ1n) is 8.15. The molecule has 0 unspecified atom stereocenters. The van der Waals surface area contributed by atoms with E-state index in [0.717, 1.165) is 16.7 Å². The highest BCUT2D eigenvalue weighted by atomic mass is 16.1. The third kappa shape index (κ3) is 4.28. The number of rotatable bonds is 6. The summed E-state index contributed by atoms with van der Waals surface area (Å²) in [5.41, 5.74) is 3.80. The molecule has 0 radical (unpaired) electrons. The van der Waals surface area contributed by atoms with E-state index in [1.807, 2.05) is 25.5 Å². The highest BCUT2D eigenvalue weighted by Crippen LogP contribution is 2.20. The summed E-state index contributed by atoms with van der Waals surface area (Å²) in [7, 11) is 1.90. The van der Waals surface area contributed by atoms with E-state index in [2.05, 4.69) is 44.8 Å². The number of aryl methyl sites for hydroxylation is 1. The predicted molar refractivity (Wildman–Crippen MR) is 101 cm³/mol. The second-order valence-electron chi connectivity index (χ2n) is 5.78. The average Bonchev–Trinajstić information content (AvgIpc) is 3.11. The minimum absolute atomic E-state index is 0.201. The van der Waals surface area contributed by atoms with Gasteiger partial charge >= 0.3 is 0 Å². The predicted octanol–water partition coefficient (Wildman–Crippen LogP) is 2.46. The van der Waals surface area contributed by atoms with E-state index in [4.69, 9.17) is 6.42 Å². The zero-order valence-corrected chi connectivity index (χ0v) is 14.4. The number of hydrogen-bond donors (Lipinski definition) is 2. The Labute approximate surface area is 152 Å². The number of nitrogens with one attached hydrogen (secondary N) is 2. The topological polar surface area (TPSA) is 71.8 Å². The van der Waals surface area contributed by atoms with E-state index in [1.54, 1.807) is 16.8 Å². The van der Waals surface area contributed by atoms with Gasteiger partial charge in [0.2, 0.25) is 0 Å². The molecule has 1 aromatic carbocycles. The van der Waals surface area contributed by atoms with Crippen molar-refractivity contribution in [1.29, 1.82) is 0 Å². The molecular weight excluding hydrogens is 326 g/mol. The molecule has 2 heterocycles. The van der Waals surface area contributed by atoms with Gasteiger partial charge in [0.15, 0.2) is 0 Å². The molecule has 0 aliphatic carbocycles. The Balaban J connectivity index is 1.62. The van der Waals surface area contributed by atoms with Gasteiger partial charge in [-0.2, -0.15) is 5.10 Å². The first-order chi connectivity index (χ1) is 12.7. The van der Waals surface area contributed by atoms with Crippen molar-refractivity contribution in [2.75, 3.05) is 11.9 Å². The van der Waals surface area contributed by atoms with Gasteiger partial charge < -0.3 is 10.6 Å². The lowest BCUT2D eigenvalue weighted by molar-refractivity contribution is 0.0958. The summed E-state index contributed by atoms with van der Waals surface area (Å²) < 4.78 is 1.78. The lowest BCUT2D eigenvalue weighted by atomic mass is 10.1. The van der Waals surface area contributed by atoms with Gasteiger partial charge in [-0.3, -0.25) is 9.48 Å². The van der Waals surface area contributed by atoms with Crippen molar-refractivity contribution in [2.24, 2.45) is 7.05 Å². The van der Waals surface area contributed by atoms with Crippen LogP contribution in [0.15, 0.2) is 55.0 Å². The highest BCUT2D eigenvalue weighted by molar-refractivity contribution is 5.94. The van der Waals surface area contributed by atoms with E-state index in [-0.39, 0.29) is 12.5 Å². The Bertz CT molecular complexity index is 937.